The number of para-hydroxylation sites is 1. The van der Waals surface area contributed by atoms with Crippen molar-refractivity contribution in [3.63, 3.8) is 0 Å². The molecule has 2 heterocycles. The number of ether oxygens (including phenoxy) is 2. The minimum atomic E-state index is -1.10. The average Bonchev–Trinajstić information content (AvgIpc) is 3.27. The van der Waals surface area contributed by atoms with Crippen molar-refractivity contribution in [3.05, 3.63) is 112 Å². The second-order valence-corrected chi connectivity index (χ2v) is 10.5. The summed E-state index contributed by atoms with van der Waals surface area (Å²) in [5.74, 6) is 1.10. The van der Waals surface area contributed by atoms with E-state index in [0.717, 1.165) is 65.2 Å². The molecule has 0 aromatic heterocycles. The average molecular weight is 533 g/mol. The van der Waals surface area contributed by atoms with Crippen LogP contribution < -0.4 is 15.0 Å². The van der Waals surface area contributed by atoms with Crippen LogP contribution in [0.15, 0.2) is 72.8 Å². The predicted octanol–water partition coefficient (Wildman–Crippen LogP) is 8.28. The first-order valence-corrected chi connectivity index (χ1v) is 14.4. The van der Waals surface area contributed by atoms with E-state index in [9.17, 15) is 4.79 Å². The van der Waals surface area contributed by atoms with Crippen LogP contribution in [-0.2, 0) is 23.2 Å². The third-order valence-corrected chi connectivity index (χ3v) is 8.43. The van der Waals surface area contributed by atoms with E-state index in [1.54, 1.807) is 0 Å². The van der Waals surface area contributed by atoms with Gasteiger partial charge in [-0.15, -0.1) is 0 Å². The summed E-state index contributed by atoms with van der Waals surface area (Å²) in [6.07, 6.45) is 1.86. The third-order valence-electron chi connectivity index (χ3n) is 8.43. The number of anilines is 3. The fourth-order valence-electron chi connectivity index (χ4n) is 6.27. The molecule has 0 amide bonds. The van der Waals surface area contributed by atoms with Crippen LogP contribution in [0.3, 0.4) is 0 Å². The van der Waals surface area contributed by atoms with Gasteiger partial charge in [0.15, 0.2) is 5.60 Å². The standard InChI is InChI=1S/C35H36N2O3/c1-6-23-13-12-14-24(7-2)33(23)36-30-21-29-31(19-22(30)5)39-32-20-25(37(8-3)9-4)17-18-28(32)35(29)27-16-11-10-15-26(27)34(38)40-35/h10-21,36H,6-9H2,1-5H3. The third kappa shape index (κ3) is 3.87. The minimum absolute atomic E-state index is 0.318. The zero-order valence-corrected chi connectivity index (χ0v) is 23.9. The van der Waals surface area contributed by atoms with Crippen LogP contribution >= 0.6 is 0 Å². The van der Waals surface area contributed by atoms with E-state index in [0.29, 0.717) is 17.1 Å². The van der Waals surface area contributed by atoms with Crippen molar-refractivity contribution in [2.75, 3.05) is 23.3 Å². The SMILES string of the molecule is CCc1cccc(CC)c1Nc1cc2c(cc1C)Oc1cc(N(CC)CC)ccc1C21OC(=O)c2ccccc21. The Morgan fingerprint density at radius 2 is 1.48 bits per heavy atom. The molecule has 2 aliphatic heterocycles. The highest BCUT2D eigenvalue weighted by Gasteiger charge is 2.53. The molecule has 1 N–H and O–H groups in total. The van der Waals surface area contributed by atoms with E-state index in [-0.39, 0.29) is 5.97 Å². The maximum absolute atomic E-state index is 13.3. The van der Waals surface area contributed by atoms with Gasteiger partial charge in [0.1, 0.15) is 11.5 Å². The summed E-state index contributed by atoms with van der Waals surface area (Å²) in [6, 6.07) is 24.6. The van der Waals surface area contributed by atoms with Crippen molar-refractivity contribution in [1.29, 1.82) is 0 Å². The molecule has 1 atom stereocenters. The molecule has 204 valence electrons. The van der Waals surface area contributed by atoms with Crippen LogP contribution in [0.25, 0.3) is 0 Å². The minimum Gasteiger partial charge on any atom is -0.456 e. The Labute approximate surface area is 236 Å². The first-order chi connectivity index (χ1) is 19.4. The van der Waals surface area contributed by atoms with Gasteiger partial charge in [-0.25, -0.2) is 4.79 Å². The number of hydrogen-bond acceptors (Lipinski definition) is 5. The molecule has 0 saturated heterocycles. The van der Waals surface area contributed by atoms with E-state index < -0.39 is 5.60 Å². The first kappa shape index (κ1) is 26.0. The summed E-state index contributed by atoms with van der Waals surface area (Å²) in [5.41, 5.74) is 8.81. The molecular weight excluding hydrogens is 496 g/mol. The lowest BCUT2D eigenvalue weighted by molar-refractivity contribution is 0.0224. The molecule has 0 saturated carbocycles. The van der Waals surface area contributed by atoms with Crippen LogP contribution in [-0.4, -0.2) is 19.1 Å². The van der Waals surface area contributed by atoms with Gasteiger partial charge in [-0.05, 0) is 80.6 Å². The summed E-state index contributed by atoms with van der Waals surface area (Å²) in [6.45, 7) is 12.5. The number of aryl methyl sites for hydroxylation is 3. The van der Waals surface area contributed by atoms with Crippen LogP contribution in [0.4, 0.5) is 17.1 Å². The number of nitrogens with one attached hydrogen (secondary N) is 1. The molecule has 5 heteroatoms. The summed E-state index contributed by atoms with van der Waals surface area (Å²) < 4.78 is 13.1. The normalized spacial score (nSPS) is 16.6. The van der Waals surface area contributed by atoms with E-state index >= 15 is 0 Å². The van der Waals surface area contributed by atoms with Gasteiger partial charge in [0, 0.05) is 52.9 Å². The zero-order chi connectivity index (χ0) is 28.0. The molecule has 0 aliphatic carbocycles. The maximum atomic E-state index is 13.3. The smallest absolute Gasteiger partial charge is 0.340 e. The highest BCUT2D eigenvalue weighted by atomic mass is 16.6. The molecular formula is C35H36N2O3. The largest absolute Gasteiger partial charge is 0.456 e. The van der Waals surface area contributed by atoms with Gasteiger partial charge in [-0.1, -0.05) is 50.2 Å². The fourth-order valence-corrected chi connectivity index (χ4v) is 6.27. The molecule has 0 fully saturated rings. The van der Waals surface area contributed by atoms with Crippen LogP contribution in [0.5, 0.6) is 11.5 Å². The second-order valence-electron chi connectivity index (χ2n) is 10.5. The zero-order valence-electron chi connectivity index (χ0n) is 23.9. The number of benzene rings is 4. The number of carbonyl (C=O) groups is 1. The van der Waals surface area contributed by atoms with Crippen molar-refractivity contribution in [3.8, 4) is 11.5 Å². The quantitative estimate of drug-likeness (QED) is 0.243. The van der Waals surface area contributed by atoms with Crippen LogP contribution in [0.1, 0.15) is 71.4 Å². The predicted molar refractivity (Wildman–Crippen MR) is 161 cm³/mol. The van der Waals surface area contributed by atoms with Crippen molar-refractivity contribution < 1.29 is 14.3 Å². The fraction of sp³-hybridized carbons (Fsp3) is 0.286. The Morgan fingerprint density at radius 3 is 2.17 bits per heavy atom. The van der Waals surface area contributed by atoms with Gasteiger partial charge < -0.3 is 19.7 Å². The molecule has 1 spiro atoms. The molecule has 5 nitrogen and oxygen atoms in total. The summed E-state index contributed by atoms with van der Waals surface area (Å²) in [4.78, 5) is 15.6. The van der Waals surface area contributed by atoms with E-state index in [4.69, 9.17) is 9.47 Å². The molecule has 4 aromatic carbocycles. The van der Waals surface area contributed by atoms with Crippen molar-refractivity contribution in [2.45, 2.75) is 53.1 Å². The Kier molecular flexibility index (Phi) is 6.53. The van der Waals surface area contributed by atoms with E-state index in [1.807, 2.05) is 24.3 Å². The van der Waals surface area contributed by atoms with Gasteiger partial charge in [0.2, 0.25) is 0 Å². The van der Waals surface area contributed by atoms with Crippen molar-refractivity contribution >= 4 is 23.0 Å². The lowest BCUT2D eigenvalue weighted by Gasteiger charge is -2.38. The van der Waals surface area contributed by atoms with Gasteiger partial charge in [0.05, 0.1) is 5.56 Å². The first-order valence-electron chi connectivity index (χ1n) is 14.4. The van der Waals surface area contributed by atoms with E-state index in [2.05, 4.69) is 93.4 Å². The summed E-state index contributed by atoms with van der Waals surface area (Å²) >= 11 is 0. The summed E-state index contributed by atoms with van der Waals surface area (Å²) in [5, 5.41) is 3.76. The number of rotatable bonds is 7. The Morgan fingerprint density at radius 1 is 0.775 bits per heavy atom. The number of fused-ring (bicyclic) bond motifs is 6. The number of hydrogen-bond donors (Lipinski definition) is 1. The van der Waals surface area contributed by atoms with Gasteiger partial charge >= 0.3 is 5.97 Å². The Balaban J connectivity index is 1.57. The molecule has 2 aliphatic rings. The van der Waals surface area contributed by atoms with Gasteiger partial charge in [0.25, 0.3) is 0 Å². The van der Waals surface area contributed by atoms with Gasteiger partial charge in [-0.2, -0.15) is 0 Å². The Bertz CT molecular complexity index is 1600. The maximum Gasteiger partial charge on any atom is 0.340 e. The monoisotopic (exact) mass is 532 g/mol. The molecule has 1 unspecified atom stereocenters. The molecule has 40 heavy (non-hydrogen) atoms. The van der Waals surface area contributed by atoms with Crippen LogP contribution in [0.2, 0.25) is 0 Å². The molecule has 0 bridgehead atoms. The number of nitrogens with zero attached hydrogens (tertiary/aromatic N) is 1. The topological polar surface area (TPSA) is 50.8 Å². The van der Waals surface area contributed by atoms with Crippen molar-refractivity contribution in [1.82, 2.24) is 0 Å². The lowest BCUT2D eigenvalue weighted by Crippen LogP contribution is -2.33. The van der Waals surface area contributed by atoms with Crippen LogP contribution in [0, 0.1) is 6.92 Å². The summed E-state index contributed by atoms with van der Waals surface area (Å²) in [7, 11) is 0. The highest BCUT2D eigenvalue weighted by Crippen LogP contribution is 2.57. The van der Waals surface area contributed by atoms with Crippen molar-refractivity contribution in [2.24, 2.45) is 0 Å². The highest BCUT2D eigenvalue weighted by molar-refractivity contribution is 5.97. The number of carbonyl (C=O) groups excluding carboxylic acids is 1. The lowest BCUT2D eigenvalue weighted by atomic mass is 9.77. The van der Waals surface area contributed by atoms with E-state index in [1.165, 1.54) is 11.1 Å². The number of esters is 1. The molecule has 0 radical (unpaired) electrons. The molecule has 6 rings (SSSR count). The van der Waals surface area contributed by atoms with Gasteiger partial charge in [-0.3, -0.25) is 0 Å². The Hall–Kier alpha value is -4.25. The molecule has 4 aromatic rings. The second kappa shape index (κ2) is 10.1.